The second-order valence-corrected chi connectivity index (χ2v) is 12.1. The molecule has 216 valence electrons. The summed E-state index contributed by atoms with van der Waals surface area (Å²) in [7, 11) is 1.59. The number of Topliss-reactive ketones (excluding diaryl/α,β-unsaturated/α-hetero) is 1. The molecule has 2 aliphatic heterocycles. The molecule has 4 aromatic rings. The maximum atomic E-state index is 13.7. The third-order valence-electron chi connectivity index (χ3n) is 7.54. The van der Waals surface area contributed by atoms with Gasteiger partial charge in [-0.2, -0.15) is 0 Å². The summed E-state index contributed by atoms with van der Waals surface area (Å²) in [4.78, 5) is 33.5. The SMILES string of the molecule is COc1ccc2nc(N3C(=O)C(=O)C(=C(O)c4ccc5c(c4)C[C@@H](C)O5)[C@@H]3c3cccc(OCCC(C)C)c3)sc2c1. The Morgan fingerprint density at radius 3 is 2.74 bits per heavy atom. The normalized spacial score (nSPS) is 19.4. The van der Waals surface area contributed by atoms with Crippen LogP contribution in [0, 0.1) is 5.92 Å². The predicted molar refractivity (Wildman–Crippen MR) is 163 cm³/mol. The molecule has 0 unspecified atom stereocenters. The number of methoxy groups -OCH3 is 1. The van der Waals surface area contributed by atoms with Crippen LogP contribution in [0.1, 0.15) is 49.9 Å². The van der Waals surface area contributed by atoms with Gasteiger partial charge in [-0.05, 0) is 78.9 Å². The number of ether oxygens (including phenoxy) is 3. The summed E-state index contributed by atoms with van der Waals surface area (Å²) in [5.41, 5.74) is 2.71. The number of fused-ring (bicyclic) bond motifs is 2. The number of benzene rings is 3. The number of anilines is 1. The minimum atomic E-state index is -0.912. The Labute approximate surface area is 248 Å². The highest BCUT2D eigenvalue weighted by molar-refractivity contribution is 7.22. The smallest absolute Gasteiger partial charge is 0.301 e. The molecule has 1 saturated heterocycles. The summed E-state index contributed by atoms with van der Waals surface area (Å²) >= 11 is 1.29. The predicted octanol–water partition coefficient (Wildman–Crippen LogP) is 6.68. The number of ketones is 1. The van der Waals surface area contributed by atoms with Gasteiger partial charge in [0, 0.05) is 12.0 Å². The number of amides is 1. The average molecular weight is 585 g/mol. The zero-order chi connectivity index (χ0) is 29.5. The Balaban J connectivity index is 1.48. The number of carbonyl (C=O) groups is 2. The van der Waals surface area contributed by atoms with Crippen molar-refractivity contribution in [1.29, 1.82) is 0 Å². The van der Waals surface area contributed by atoms with E-state index >= 15 is 0 Å². The van der Waals surface area contributed by atoms with Crippen LogP contribution in [-0.4, -0.2) is 41.6 Å². The van der Waals surface area contributed by atoms with Crippen LogP contribution in [0.3, 0.4) is 0 Å². The Hall–Kier alpha value is -4.37. The maximum Gasteiger partial charge on any atom is 0.301 e. The molecule has 0 saturated carbocycles. The molecule has 8 nitrogen and oxygen atoms in total. The molecule has 0 bridgehead atoms. The molecule has 0 aliphatic carbocycles. The molecule has 0 spiro atoms. The maximum absolute atomic E-state index is 13.7. The topological polar surface area (TPSA) is 98.2 Å². The lowest BCUT2D eigenvalue weighted by atomic mass is 9.94. The van der Waals surface area contributed by atoms with Crippen LogP contribution in [0.15, 0.2) is 66.2 Å². The zero-order valence-corrected chi connectivity index (χ0v) is 24.7. The van der Waals surface area contributed by atoms with Gasteiger partial charge >= 0.3 is 5.91 Å². The fraction of sp³-hybridized carbons (Fsp3) is 0.303. The summed E-state index contributed by atoms with van der Waals surface area (Å²) < 4.78 is 18.0. The monoisotopic (exact) mass is 584 g/mol. The Kier molecular flexibility index (Phi) is 7.36. The van der Waals surface area contributed by atoms with E-state index in [-0.39, 0.29) is 17.4 Å². The van der Waals surface area contributed by atoms with Gasteiger partial charge < -0.3 is 19.3 Å². The van der Waals surface area contributed by atoms with Crippen molar-refractivity contribution in [2.45, 2.75) is 45.8 Å². The van der Waals surface area contributed by atoms with Crippen molar-refractivity contribution in [3.8, 4) is 17.2 Å². The van der Waals surface area contributed by atoms with E-state index in [0.29, 0.717) is 52.2 Å². The Morgan fingerprint density at radius 1 is 1.12 bits per heavy atom. The molecule has 1 aromatic heterocycles. The van der Waals surface area contributed by atoms with Crippen molar-refractivity contribution in [2.75, 3.05) is 18.6 Å². The number of hydrogen-bond acceptors (Lipinski definition) is 8. The largest absolute Gasteiger partial charge is 0.507 e. The van der Waals surface area contributed by atoms with Gasteiger partial charge in [0.25, 0.3) is 5.78 Å². The summed E-state index contributed by atoms with van der Waals surface area (Å²) in [6.07, 6.45) is 1.61. The van der Waals surface area contributed by atoms with Crippen LogP contribution in [0.5, 0.6) is 17.2 Å². The van der Waals surface area contributed by atoms with Crippen LogP contribution >= 0.6 is 11.3 Å². The van der Waals surface area contributed by atoms with Crippen molar-refractivity contribution >= 4 is 44.1 Å². The molecule has 9 heteroatoms. The first-order chi connectivity index (χ1) is 20.2. The van der Waals surface area contributed by atoms with Crippen molar-refractivity contribution in [3.63, 3.8) is 0 Å². The standard InChI is InChI=1S/C33H32N2O6S/c1-18(2)12-13-40-24-7-5-6-20(16-24)29-28(30(36)21-8-11-26-22(15-21)14-19(3)41-26)31(37)32(38)35(29)33-34-25-10-9-23(39-4)17-27(25)42-33/h5-11,15-19,29,36H,12-14H2,1-4H3/t19-,29+/m1/s1. The van der Waals surface area contributed by atoms with Crippen molar-refractivity contribution in [1.82, 2.24) is 4.98 Å². The molecular weight excluding hydrogens is 552 g/mol. The summed E-state index contributed by atoms with van der Waals surface area (Å²) in [6.45, 7) is 6.78. The number of rotatable bonds is 8. The van der Waals surface area contributed by atoms with Gasteiger partial charge in [0.05, 0.1) is 35.5 Å². The van der Waals surface area contributed by atoms with Crippen molar-refractivity contribution in [2.24, 2.45) is 5.92 Å². The fourth-order valence-electron chi connectivity index (χ4n) is 5.38. The zero-order valence-electron chi connectivity index (χ0n) is 23.9. The molecule has 6 rings (SSSR count). The van der Waals surface area contributed by atoms with E-state index in [4.69, 9.17) is 19.2 Å². The highest BCUT2D eigenvalue weighted by Gasteiger charge is 2.48. The van der Waals surface area contributed by atoms with Gasteiger partial charge in [-0.25, -0.2) is 4.98 Å². The molecule has 0 radical (unpaired) electrons. The Morgan fingerprint density at radius 2 is 1.95 bits per heavy atom. The molecule has 1 fully saturated rings. The lowest BCUT2D eigenvalue weighted by molar-refractivity contribution is -0.132. The average Bonchev–Trinajstić information content (AvgIpc) is 3.64. The molecule has 2 aliphatic rings. The number of hydrogen-bond donors (Lipinski definition) is 1. The molecule has 1 N–H and O–H groups in total. The molecule has 3 aromatic carbocycles. The van der Waals surface area contributed by atoms with E-state index < -0.39 is 17.7 Å². The lowest BCUT2D eigenvalue weighted by Crippen LogP contribution is -2.29. The number of aromatic nitrogens is 1. The van der Waals surface area contributed by atoms with Crippen molar-refractivity contribution < 1.29 is 28.9 Å². The Bertz CT molecular complexity index is 1720. The molecule has 2 atom stereocenters. The lowest BCUT2D eigenvalue weighted by Gasteiger charge is -2.23. The van der Waals surface area contributed by atoms with E-state index in [1.165, 1.54) is 16.2 Å². The minimum Gasteiger partial charge on any atom is -0.507 e. The number of aliphatic hydroxyl groups is 1. The van der Waals surface area contributed by atoms with Crippen LogP contribution in [-0.2, 0) is 16.0 Å². The van der Waals surface area contributed by atoms with Crippen LogP contribution in [0.25, 0.3) is 16.0 Å². The summed E-state index contributed by atoms with van der Waals surface area (Å²) in [6, 6.07) is 17.2. The van der Waals surface area contributed by atoms with E-state index in [2.05, 4.69) is 13.8 Å². The highest BCUT2D eigenvalue weighted by Crippen LogP contribution is 2.45. The number of thiazole rings is 1. The molecule has 42 heavy (non-hydrogen) atoms. The quantitative estimate of drug-likeness (QED) is 0.140. The third kappa shape index (κ3) is 5.09. The first kappa shape index (κ1) is 27.8. The first-order valence-corrected chi connectivity index (χ1v) is 14.8. The van der Waals surface area contributed by atoms with Gasteiger partial charge in [-0.3, -0.25) is 14.5 Å². The number of aliphatic hydroxyl groups excluding tert-OH is 1. The van der Waals surface area contributed by atoms with Gasteiger partial charge in [-0.1, -0.05) is 37.3 Å². The number of nitrogens with zero attached hydrogens (tertiary/aromatic N) is 2. The van der Waals surface area contributed by atoms with E-state index in [1.54, 1.807) is 25.3 Å². The van der Waals surface area contributed by atoms with Crippen molar-refractivity contribution in [3.05, 3.63) is 82.9 Å². The van der Waals surface area contributed by atoms with Gasteiger partial charge in [0.2, 0.25) is 0 Å². The van der Waals surface area contributed by atoms with Gasteiger partial charge in [0.1, 0.15) is 29.1 Å². The second kappa shape index (κ2) is 11.1. The molecule has 3 heterocycles. The van der Waals surface area contributed by atoms with Crippen LogP contribution < -0.4 is 19.1 Å². The van der Waals surface area contributed by atoms with Gasteiger partial charge in [0.15, 0.2) is 5.13 Å². The third-order valence-corrected chi connectivity index (χ3v) is 8.56. The van der Waals surface area contributed by atoms with Crippen LogP contribution in [0.4, 0.5) is 5.13 Å². The highest BCUT2D eigenvalue weighted by atomic mass is 32.1. The van der Waals surface area contributed by atoms with Crippen LogP contribution in [0.2, 0.25) is 0 Å². The summed E-state index contributed by atoms with van der Waals surface area (Å²) in [5.74, 6) is 0.763. The van der Waals surface area contributed by atoms with E-state index in [0.717, 1.165) is 22.4 Å². The fourth-order valence-corrected chi connectivity index (χ4v) is 6.40. The first-order valence-electron chi connectivity index (χ1n) is 14.0. The second-order valence-electron chi connectivity index (χ2n) is 11.1. The van der Waals surface area contributed by atoms with E-state index in [9.17, 15) is 14.7 Å². The minimum absolute atomic E-state index is 0.00285. The van der Waals surface area contributed by atoms with Gasteiger partial charge in [-0.15, -0.1) is 0 Å². The molecule has 1 amide bonds. The van der Waals surface area contributed by atoms with E-state index in [1.807, 2.05) is 49.4 Å². The summed E-state index contributed by atoms with van der Waals surface area (Å²) in [5, 5.41) is 12.0. The number of carbonyl (C=O) groups excluding carboxylic acids is 2. The molecular formula is C33H32N2O6S.